The molecular formula is C14H26OSSi. The maximum Gasteiger partial charge on any atom is 0.128 e. The second-order valence-electron chi connectivity index (χ2n) is 5.89. The lowest BCUT2D eigenvalue weighted by Gasteiger charge is -2.33. The van der Waals surface area contributed by atoms with E-state index in [0.717, 1.165) is 18.1 Å². The molecule has 0 saturated heterocycles. The van der Waals surface area contributed by atoms with Gasteiger partial charge in [0.15, 0.2) is 0 Å². The molecule has 1 aromatic rings. The second kappa shape index (κ2) is 6.71. The molecule has 1 rings (SSSR count). The summed E-state index contributed by atoms with van der Waals surface area (Å²) in [6.07, 6.45) is 0.976. The summed E-state index contributed by atoms with van der Waals surface area (Å²) < 4.78 is 7.23. The molecule has 0 aliphatic rings. The number of thiophene rings is 1. The highest BCUT2D eigenvalue weighted by Crippen LogP contribution is 2.27. The summed E-state index contributed by atoms with van der Waals surface area (Å²) in [6.45, 7) is 9.35. The van der Waals surface area contributed by atoms with Crippen LogP contribution in [0.5, 0.6) is 0 Å². The molecule has 0 saturated carbocycles. The Balaban J connectivity index is 3.01. The van der Waals surface area contributed by atoms with Crippen LogP contribution in [-0.4, -0.2) is 21.4 Å². The van der Waals surface area contributed by atoms with Gasteiger partial charge in [0.05, 0.1) is 0 Å². The molecule has 0 bridgehead atoms. The molecule has 17 heavy (non-hydrogen) atoms. The van der Waals surface area contributed by atoms with Crippen molar-refractivity contribution in [3.05, 3.63) is 17.5 Å². The zero-order valence-corrected chi connectivity index (χ0v) is 13.6. The van der Waals surface area contributed by atoms with Crippen LogP contribution in [0, 0.1) is 11.8 Å². The Kier molecular flexibility index (Phi) is 5.90. The fourth-order valence-electron chi connectivity index (χ4n) is 2.89. The molecule has 98 valence electrons. The average molecular weight is 271 g/mol. The topological polar surface area (TPSA) is 9.23 Å². The number of methoxy groups -OCH3 is 1. The van der Waals surface area contributed by atoms with E-state index >= 15 is 0 Å². The summed E-state index contributed by atoms with van der Waals surface area (Å²) in [5.74, 6) is 1.52. The van der Waals surface area contributed by atoms with Crippen LogP contribution in [0.25, 0.3) is 0 Å². The lowest BCUT2D eigenvalue weighted by Crippen LogP contribution is -2.52. The minimum Gasteiger partial charge on any atom is -0.388 e. The summed E-state index contributed by atoms with van der Waals surface area (Å²) in [6, 6.07) is 7.22. The molecule has 0 aliphatic carbocycles. The molecule has 0 fully saturated rings. The first-order chi connectivity index (χ1) is 8.00. The fraction of sp³-hybridized carbons (Fsp3) is 0.714. The Morgan fingerprint density at radius 1 is 1.18 bits per heavy atom. The van der Waals surface area contributed by atoms with Crippen LogP contribution in [0.4, 0.5) is 0 Å². The minimum absolute atomic E-state index is 0.762. The van der Waals surface area contributed by atoms with E-state index in [4.69, 9.17) is 4.74 Å². The molecule has 1 heterocycles. The first-order valence-corrected chi connectivity index (χ1v) is 10.0. The molecule has 0 amide bonds. The fourth-order valence-corrected chi connectivity index (χ4v) is 10.3. The molecule has 0 aliphatic heterocycles. The lowest BCUT2D eigenvalue weighted by molar-refractivity contribution is 0.244. The molecule has 1 nitrogen and oxygen atoms in total. The zero-order chi connectivity index (χ0) is 12.9. The third-order valence-electron chi connectivity index (χ3n) is 3.06. The van der Waals surface area contributed by atoms with Crippen molar-refractivity contribution in [1.82, 2.24) is 0 Å². The standard InChI is InChI=1S/C14H26OSSi/c1-12(2)9-17(11-15-5,10-13(3)4)14-7-6-8-16-14/h6-8,12-13H,9-11H2,1-5H3. The van der Waals surface area contributed by atoms with Crippen LogP contribution < -0.4 is 4.50 Å². The van der Waals surface area contributed by atoms with Gasteiger partial charge in [-0.15, -0.1) is 0 Å². The van der Waals surface area contributed by atoms with Crippen LogP contribution >= 0.6 is 11.3 Å². The number of hydrogen-bond acceptors (Lipinski definition) is 2. The van der Waals surface area contributed by atoms with E-state index in [2.05, 4.69) is 45.2 Å². The molecule has 1 aromatic heterocycles. The molecule has 0 N–H and O–H groups in total. The summed E-state index contributed by atoms with van der Waals surface area (Å²) >= 11 is 1.94. The van der Waals surface area contributed by atoms with Gasteiger partial charge in [0.2, 0.25) is 0 Å². The first kappa shape index (κ1) is 14.9. The van der Waals surface area contributed by atoms with Crippen LogP contribution in [0.2, 0.25) is 12.1 Å². The van der Waals surface area contributed by atoms with E-state index < -0.39 is 8.07 Å². The Hall–Kier alpha value is -0.123. The zero-order valence-electron chi connectivity index (χ0n) is 11.8. The second-order valence-corrected chi connectivity index (χ2v) is 11.4. The minimum atomic E-state index is -1.45. The smallest absolute Gasteiger partial charge is 0.128 e. The van der Waals surface area contributed by atoms with E-state index in [1.54, 1.807) is 4.50 Å². The number of ether oxygens (including phenoxy) is 1. The van der Waals surface area contributed by atoms with E-state index in [1.165, 1.54) is 12.1 Å². The van der Waals surface area contributed by atoms with Crippen molar-refractivity contribution in [1.29, 1.82) is 0 Å². The van der Waals surface area contributed by atoms with Crippen molar-refractivity contribution < 1.29 is 4.74 Å². The van der Waals surface area contributed by atoms with Gasteiger partial charge in [-0.05, 0) is 33.8 Å². The SMILES string of the molecule is COC[Si](CC(C)C)(CC(C)C)c1cccs1. The van der Waals surface area contributed by atoms with Gasteiger partial charge in [-0.2, -0.15) is 11.3 Å². The summed E-state index contributed by atoms with van der Waals surface area (Å²) in [5, 5.41) is 2.22. The normalized spacial score (nSPS) is 12.6. The highest BCUT2D eigenvalue weighted by Gasteiger charge is 2.37. The van der Waals surface area contributed by atoms with Crippen molar-refractivity contribution >= 4 is 23.9 Å². The van der Waals surface area contributed by atoms with E-state index in [9.17, 15) is 0 Å². The maximum absolute atomic E-state index is 5.60. The predicted octanol–water partition coefficient (Wildman–Crippen LogP) is 3.90. The van der Waals surface area contributed by atoms with Gasteiger partial charge in [-0.3, -0.25) is 0 Å². The van der Waals surface area contributed by atoms with Gasteiger partial charge in [0, 0.05) is 13.3 Å². The van der Waals surface area contributed by atoms with E-state index in [1.807, 2.05) is 18.4 Å². The van der Waals surface area contributed by atoms with Crippen LogP contribution in [0.3, 0.4) is 0 Å². The van der Waals surface area contributed by atoms with Gasteiger partial charge >= 0.3 is 0 Å². The quantitative estimate of drug-likeness (QED) is 0.683. The summed E-state index contributed by atoms with van der Waals surface area (Å²) in [7, 11) is 0.408. The third-order valence-corrected chi connectivity index (χ3v) is 10.6. The molecule has 3 heteroatoms. The van der Waals surface area contributed by atoms with Gasteiger partial charge in [0.25, 0.3) is 0 Å². The van der Waals surface area contributed by atoms with Crippen molar-refractivity contribution in [2.24, 2.45) is 11.8 Å². The Bertz CT molecular complexity index is 296. The van der Waals surface area contributed by atoms with Gasteiger partial charge in [-0.1, -0.05) is 39.8 Å². The average Bonchev–Trinajstić information content (AvgIpc) is 2.68. The van der Waals surface area contributed by atoms with Crippen LogP contribution in [0.15, 0.2) is 17.5 Å². The first-order valence-electron chi connectivity index (χ1n) is 6.53. The Morgan fingerprint density at radius 3 is 2.12 bits per heavy atom. The Labute approximate surface area is 111 Å². The number of rotatable bonds is 7. The highest BCUT2D eigenvalue weighted by atomic mass is 32.1. The largest absolute Gasteiger partial charge is 0.388 e. The van der Waals surface area contributed by atoms with Crippen molar-refractivity contribution in [3.63, 3.8) is 0 Å². The molecule has 0 radical (unpaired) electrons. The highest BCUT2D eigenvalue weighted by molar-refractivity contribution is 7.25. The number of hydrogen-bond donors (Lipinski definition) is 0. The van der Waals surface area contributed by atoms with Crippen molar-refractivity contribution in [2.75, 3.05) is 13.3 Å². The monoisotopic (exact) mass is 270 g/mol. The van der Waals surface area contributed by atoms with Crippen molar-refractivity contribution in [2.45, 2.75) is 39.8 Å². The summed E-state index contributed by atoms with van der Waals surface area (Å²) in [4.78, 5) is 0. The van der Waals surface area contributed by atoms with Crippen LogP contribution in [0.1, 0.15) is 27.7 Å². The Morgan fingerprint density at radius 2 is 1.76 bits per heavy atom. The van der Waals surface area contributed by atoms with Crippen molar-refractivity contribution in [3.8, 4) is 0 Å². The molecule has 0 unspecified atom stereocenters. The molecular weight excluding hydrogens is 244 g/mol. The maximum atomic E-state index is 5.60. The predicted molar refractivity (Wildman–Crippen MR) is 80.9 cm³/mol. The molecule has 0 spiro atoms. The van der Waals surface area contributed by atoms with Gasteiger partial charge < -0.3 is 4.74 Å². The van der Waals surface area contributed by atoms with Gasteiger partial charge in [-0.25, -0.2) is 0 Å². The van der Waals surface area contributed by atoms with E-state index in [0.29, 0.717) is 0 Å². The molecule has 0 aromatic carbocycles. The lowest BCUT2D eigenvalue weighted by atomic mass is 10.3. The summed E-state index contributed by atoms with van der Waals surface area (Å²) in [5.41, 5.74) is 0. The van der Waals surface area contributed by atoms with Gasteiger partial charge in [0.1, 0.15) is 8.07 Å². The van der Waals surface area contributed by atoms with Crippen LogP contribution in [-0.2, 0) is 4.74 Å². The third kappa shape index (κ3) is 4.23. The molecule has 0 atom stereocenters. The van der Waals surface area contributed by atoms with E-state index in [-0.39, 0.29) is 0 Å².